The Hall–Kier alpha value is -2.70. The maximum absolute atomic E-state index is 12.3. The van der Waals surface area contributed by atoms with E-state index in [-0.39, 0.29) is 6.42 Å². The van der Waals surface area contributed by atoms with Crippen LogP contribution >= 0.6 is 22.9 Å². The maximum atomic E-state index is 12.3. The number of carboxylic acid groups (broad SMARTS) is 1. The topological polar surface area (TPSA) is 95.8 Å². The van der Waals surface area contributed by atoms with E-state index in [1.165, 1.54) is 17.5 Å². The molecule has 3 heterocycles. The highest BCUT2D eigenvalue weighted by atomic mass is 35.5. The zero-order chi connectivity index (χ0) is 24.1. The van der Waals surface area contributed by atoms with E-state index in [2.05, 4.69) is 26.7 Å². The third-order valence-corrected chi connectivity index (χ3v) is 7.50. The van der Waals surface area contributed by atoms with Crippen molar-refractivity contribution in [2.45, 2.75) is 31.8 Å². The van der Waals surface area contributed by atoms with Crippen molar-refractivity contribution in [1.82, 2.24) is 14.9 Å². The normalized spacial score (nSPS) is 16.6. The van der Waals surface area contributed by atoms with Crippen LogP contribution in [0.3, 0.4) is 0 Å². The molecule has 4 rings (SSSR count). The van der Waals surface area contributed by atoms with Crippen LogP contribution in [0.5, 0.6) is 5.75 Å². The molecule has 9 heteroatoms. The van der Waals surface area contributed by atoms with Gasteiger partial charge in [-0.3, -0.25) is 19.7 Å². The number of aliphatic hydroxyl groups is 1. The van der Waals surface area contributed by atoms with Crippen LogP contribution in [0.25, 0.3) is 10.9 Å². The first kappa shape index (κ1) is 24.4. The summed E-state index contributed by atoms with van der Waals surface area (Å²) < 4.78 is 5.31. The molecule has 1 atom stereocenters. The number of rotatable bonds is 7. The Labute approximate surface area is 207 Å². The van der Waals surface area contributed by atoms with Gasteiger partial charge >= 0.3 is 5.97 Å². The second-order valence-corrected chi connectivity index (χ2v) is 9.78. The summed E-state index contributed by atoms with van der Waals surface area (Å²) in [4.78, 5) is 23.7. The molecule has 1 saturated heterocycles. The van der Waals surface area contributed by atoms with Crippen molar-refractivity contribution in [2.24, 2.45) is 5.41 Å². The number of halogens is 1. The minimum atomic E-state index is -0.912. The van der Waals surface area contributed by atoms with Gasteiger partial charge in [-0.05, 0) is 43.9 Å². The number of piperidine rings is 1. The van der Waals surface area contributed by atoms with E-state index in [0.717, 1.165) is 4.88 Å². The van der Waals surface area contributed by atoms with Gasteiger partial charge in [0.2, 0.25) is 0 Å². The van der Waals surface area contributed by atoms with Gasteiger partial charge in [0.25, 0.3) is 0 Å². The average Bonchev–Trinajstić information content (AvgIpc) is 3.36. The highest BCUT2D eigenvalue weighted by Gasteiger charge is 2.41. The minimum absolute atomic E-state index is 0.285. The highest BCUT2D eigenvalue weighted by molar-refractivity contribution is 7.10. The van der Waals surface area contributed by atoms with Crippen molar-refractivity contribution in [1.29, 1.82) is 0 Å². The van der Waals surface area contributed by atoms with Crippen LogP contribution in [0.4, 0.5) is 0 Å². The largest absolute Gasteiger partial charge is 0.497 e. The molecule has 0 amide bonds. The molecule has 34 heavy (non-hydrogen) atoms. The van der Waals surface area contributed by atoms with E-state index in [1.54, 1.807) is 30.9 Å². The molecule has 1 aliphatic rings. The minimum Gasteiger partial charge on any atom is -0.497 e. The molecule has 7 nitrogen and oxygen atoms in total. The molecule has 2 N–H and O–H groups in total. The molecule has 3 aromatic rings. The summed E-state index contributed by atoms with van der Waals surface area (Å²) in [5.74, 6) is 6.06. The number of aliphatic hydroxyl groups excluding tert-OH is 1. The number of hydrogen-bond donors (Lipinski definition) is 2. The predicted octanol–water partition coefficient (Wildman–Crippen LogP) is 4.39. The molecule has 2 aromatic heterocycles. The Kier molecular flexibility index (Phi) is 7.69. The Morgan fingerprint density at radius 2 is 2.15 bits per heavy atom. The number of nitrogens with zero attached hydrogens (tertiary/aromatic N) is 3. The number of carboxylic acids is 1. The zero-order valence-electron chi connectivity index (χ0n) is 18.8. The molecule has 1 unspecified atom stereocenters. The van der Waals surface area contributed by atoms with Gasteiger partial charge in [0.1, 0.15) is 5.75 Å². The number of methoxy groups -OCH3 is 1. The summed E-state index contributed by atoms with van der Waals surface area (Å²) in [6.45, 7) is 1.89. The van der Waals surface area contributed by atoms with Crippen molar-refractivity contribution in [3.05, 3.63) is 51.6 Å². The van der Waals surface area contributed by atoms with Gasteiger partial charge in [-0.1, -0.05) is 23.4 Å². The van der Waals surface area contributed by atoms with E-state index in [0.29, 0.717) is 66.1 Å². The summed E-state index contributed by atoms with van der Waals surface area (Å²) in [5.41, 5.74) is 2.12. The van der Waals surface area contributed by atoms with Crippen molar-refractivity contribution in [3.8, 4) is 17.6 Å². The Bertz CT molecular complexity index is 1210. The second kappa shape index (κ2) is 10.7. The molecular weight excluding hydrogens is 474 g/mol. The fraction of sp³-hybridized carbons (Fsp3) is 0.400. The van der Waals surface area contributed by atoms with Crippen molar-refractivity contribution in [3.63, 3.8) is 0 Å². The van der Waals surface area contributed by atoms with Gasteiger partial charge in [0.05, 0.1) is 52.3 Å². The van der Waals surface area contributed by atoms with Crippen molar-refractivity contribution < 1.29 is 19.7 Å². The number of hydrogen-bond acceptors (Lipinski definition) is 7. The fourth-order valence-corrected chi connectivity index (χ4v) is 5.18. The number of fused-ring (bicyclic) bond motifs is 1. The van der Waals surface area contributed by atoms with Crippen LogP contribution in [0, 0.1) is 17.3 Å². The molecule has 0 bridgehead atoms. The number of benzene rings is 1. The Morgan fingerprint density at radius 3 is 2.82 bits per heavy atom. The number of thiazole rings is 1. The molecule has 1 aromatic carbocycles. The molecular formula is C25H26ClN3O4S. The Morgan fingerprint density at radius 1 is 1.35 bits per heavy atom. The lowest BCUT2D eigenvalue weighted by molar-refractivity contribution is -0.153. The van der Waals surface area contributed by atoms with E-state index in [9.17, 15) is 15.0 Å². The first-order valence-electron chi connectivity index (χ1n) is 11.1. The lowest BCUT2D eigenvalue weighted by atomic mass is 9.74. The third-order valence-electron chi connectivity index (χ3n) is 6.51. The summed E-state index contributed by atoms with van der Waals surface area (Å²) >= 11 is 7.91. The fourth-order valence-electron chi connectivity index (χ4n) is 4.42. The SMILES string of the molecule is COc1ccc2ncc(Cl)c(C(O)CCC3(C(=O)O)CCN(CC#Cc4cncs4)CC3)c2c1. The van der Waals surface area contributed by atoms with E-state index in [1.807, 2.05) is 6.07 Å². The zero-order valence-corrected chi connectivity index (χ0v) is 20.4. The quantitative estimate of drug-likeness (QED) is 0.465. The summed E-state index contributed by atoms with van der Waals surface area (Å²) in [5, 5.41) is 22.2. The number of carbonyl (C=O) groups is 1. The monoisotopic (exact) mass is 499 g/mol. The van der Waals surface area contributed by atoms with E-state index in [4.69, 9.17) is 16.3 Å². The molecule has 0 radical (unpaired) electrons. The third kappa shape index (κ3) is 5.34. The molecule has 0 saturated carbocycles. The molecule has 0 aliphatic carbocycles. The smallest absolute Gasteiger partial charge is 0.309 e. The number of likely N-dealkylation sites (tertiary alicyclic amines) is 1. The lowest BCUT2D eigenvalue weighted by Crippen LogP contribution is -2.44. The standard InChI is InChI=1S/C25H26ClN3O4S/c1-33-17-4-5-21-19(13-17)23(20(26)15-28-21)22(30)6-7-25(24(31)32)8-11-29(12-9-25)10-2-3-18-14-27-16-34-18/h4-5,13-16,22,30H,6-12H2,1H3,(H,31,32). The van der Waals surface area contributed by atoms with E-state index >= 15 is 0 Å². The van der Waals surface area contributed by atoms with Crippen molar-refractivity contribution in [2.75, 3.05) is 26.7 Å². The number of pyridine rings is 1. The van der Waals surface area contributed by atoms with Gasteiger partial charge < -0.3 is 14.9 Å². The van der Waals surface area contributed by atoms with Crippen LogP contribution in [0.15, 0.2) is 36.1 Å². The van der Waals surface area contributed by atoms with Gasteiger partial charge in [-0.15, -0.1) is 11.3 Å². The average molecular weight is 500 g/mol. The number of ether oxygens (including phenoxy) is 1. The highest BCUT2D eigenvalue weighted by Crippen LogP contribution is 2.41. The van der Waals surface area contributed by atoms with Gasteiger partial charge in [-0.2, -0.15) is 0 Å². The van der Waals surface area contributed by atoms with Crippen LogP contribution < -0.4 is 4.74 Å². The van der Waals surface area contributed by atoms with Crippen molar-refractivity contribution >= 4 is 39.8 Å². The van der Waals surface area contributed by atoms with Crippen LogP contribution in [-0.4, -0.2) is 57.8 Å². The molecule has 1 fully saturated rings. The summed E-state index contributed by atoms with van der Waals surface area (Å²) in [7, 11) is 1.57. The second-order valence-electron chi connectivity index (χ2n) is 8.49. The molecule has 1 aliphatic heterocycles. The van der Waals surface area contributed by atoms with Gasteiger partial charge in [0, 0.05) is 30.2 Å². The first-order chi connectivity index (χ1) is 16.4. The van der Waals surface area contributed by atoms with E-state index < -0.39 is 17.5 Å². The number of aromatic nitrogens is 2. The Balaban J connectivity index is 1.43. The van der Waals surface area contributed by atoms with Crippen LogP contribution in [0.2, 0.25) is 5.02 Å². The summed E-state index contributed by atoms with van der Waals surface area (Å²) in [6.07, 6.45) is 4.01. The molecule has 0 spiro atoms. The van der Waals surface area contributed by atoms with Crippen LogP contribution in [0.1, 0.15) is 42.2 Å². The first-order valence-corrected chi connectivity index (χ1v) is 12.3. The summed E-state index contributed by atoms with van der Waals surface area (Å²) in [6, 6.07) is 5.41. The lowest BCUT2D eigenvalue weighted by Gasteiger charge is -2.38. The predicted molar refractivity (Wildman–Crippen MR) is 132 cm³/mol. The molecule has 178 valence electrons. The number of aliphatic carboxylic acids is 1. The van der Waals surface area contributed by atoms with Gasteiger partial charge in [-0.25, -0.2) is 0 Å². The van der Waals surface area contributed by atoms with Gasteiger partial charge in [0.15, 0.2) is 0 Å². The van der Waals surface area contributed by atoms with Crippen LogP contribution in [-0.2, 0) is 4.79 Å². The maximum Gasteiger partial charge on any atom is 0.309 e.